The van der Waals surface area contributed by atoms with Crippen molar-refractivity contribution in [3.05, 3.63) is 90.0 Å². The summed E-state index contributed by atoms with van der Waals surface area (Å²) in [6.07, 6.45) is 6.93. The van der Waals surface area contributed by atoms with Gasteiger partial charge in [-0.15, -0.1) is 0 Å². The van der Waals surface area contributed by atoms with Crippen molar-refractivity contribution in [3.8, 4) is 22.3 Å². The largest absolute Gasteiger partial charge is 0.0984 e. The summed E-state index contributed by atoms with van der Waals surface area (Å²) < 4.78 is 0. The molecule has 0 N–H and O–H groups in total. The highest BCUT2D eigenvalue weighted by atomic mass is 14.2. The quantitative estimate of drug-likeness (QED) is 0.515. The predicted molar refractivity (Wildman–Crippen MR) is 104 cm³/mol. The molecule has 0 aromatic heterocycles. The van der Waals surface area contributed by atoms with Crippen LogP contribution in [0.1, 0.15) is 29.5 Å². The van der Waals surface area contributed by atoms with Gasteiger partial charge in [-0.2, -0.15) is 0 Å². The van der Waals surface area contributed by atoms with Crippen molar-refractivity contribution < 1.29 is 0 Å². The SMILES string of the molecule is C=Cc1cc(-c2ccccc2)c2c(c1-c1ccccc1)CCCC2. The van der Waals surface area contributed by atoms with Crippen molar-refractivity contribution in [2.24, 2.45) is 0 Å². The molecule has 0 spiro atoms. The second-order valence-electron chi connectivity index (χ2n) is 6.49. The third-order valence-electron chi connectivity index (χ3n) is 5.05. The lowest BCUT2D eigenvalue weighted by Crippen LogP contribution is -2.08. The van der Waals surface area contributed by atoms with Crippen molar-refractivity contribution in [2.75, 3.05) is 0 Å². The molecular formula is C24H22. The normalized spacial score (nSPS) is 13.3. The molecule has 0 saturated carbocycles. The van der Waals surface area contributed by atoms with Gasteiger partial charge in [-0.3, -0.25) is 0 Å². The Kier molecular flexibility index (Phi) is 4.04. The van der Waals surface area contributed by atoms with Gasteiger partial charge in [0.25, 0.3) is 0 Å². The molecule has 0 amide bonds. The Balaban J connectivity index is 2.01. The van der Waals surface area contributed by atoms with E-state index in [9.17, 15) is 0 Å². The number of rotatable bonds is 3. The highest BCUT2D eigenvalue weighted by Gasteiger charge is 2.21. The Morgan fingerprint density at radius 3 is 1.92 bits per heavy atom. The average Bonchev–Trinajstić information content (AvgIpc) is 2.68. The van der Waals surface area contributed by atoms with Crippen LogP contribution in [-0.4, -0.2) is 0 Å². The van der Waals surface area contributed by atoms with Crippen LogP contribution in [0, 0.1) is 0 Å². The molecule has 0 radical (unpaired) electrons. The fourth-order valence-corrected chi connectivity index (χ4v) is 3.95. The van der Waals surface area contributed by atoms with Crippen LogP contribution in [0.5, 0.6) is 0 Å². The lowest BCUT2D eigenvalue weighted by atomic mass is 9.79. The van der Waals surface area contributed by atoms with Gasteiger partial charge >= 0.3 is 0 Å². The zero-order chi connectivity index (χ0) is 16.4. The van der Waals surface area contributed by atoms with E-state index in [-0.39, 0.29) is 0 Å². The van der Waals surface area contributed by atoms with Gasteiger partial charge in [0.15, 0.2) is 0 Å². The van der Waals surface area contributed by atoms with Gasteiger partial charge < -0.3 is 0 Å². The third kappa shape index (κ3) is 2.59. The van der Waals surface area contributed by atoms with Crippen LogP contribution in [0.15, 0.2) is 73.3 Å². The first kappa shape index (κ1) is 15.0. The Hall–Kier alpha value is -2.60. The second-order valence-corrected chi connectivity index (χ2v) is 6.49. The van der Waals surface area contributed by atoms with Gasteiger partial charge in [0.05, 0.1) is 0 Å². The van der Waals surface area contributed by atoms with E-state index in [1.807, 2.05) is 6.08 Å². The van der Waals surface area contributed by atoms with Crippen LogP contribution in [0.25, 0.3) is 28.3 Å². The Morgan fingerprint density at radius 2 is 1.29 bits per heavy atom. The molecule has 0 unspecified atom stereocenters. The molecule has 0 bridgehead atoms. The van der Waals surface area contributed by atoms with Gasteiger partial charge in [-0.25, -0.2) is 0 Å². The summed E-state index contributed by atoms with van der Waals surface area (Å²) in [5.74, 6) is 0. The number of hydrogen-bond donors (Lipinski definition) is 0. The molecule has 3 aromatic carbocycles. The van der Waals surface area contributed by atoms with E-state index < -0.39 is 0 Å². The van der Waals surface area contributed by atoms with Crippen LogP contribution in [0.2, 0.25) is 0 Å². The predicted octanol–water partition coefficient (Wildman–Crippen LogP) is 6.54. The third-order valence-corrected chi connectivity index (χ3v) is 5.05. The zero-order valence-electron chi connectivity index (χ0n) is 14.0. The first-order valence-electron chi connectivity index (χ1n) is 8.80. The van der Waals surface area contributed by atoms with Gasteiger partial charge in [0.2, 0.25) is 0 Å². The molecule has 1 aliphatic carbocycles. The van der Waals surface area contributed by atoms with Gasteiger partial charge in [0, 0.05) is 0 Å². The fourth-order valence-electron chi connectivity index (χ4n) is 3.95. The summed E-state index contributed by atoms with van der Waals surface area (Å²) in [5.41, 5.74) is 9.73. The number of benzene rings is 3. The Labute approximate surface area is 144 Å². The van der Waals surface area contributed by atoms with Crippen molar-refractivity contribution in [1.82, 2.24) is 0 Å². The van der Waals surface area contributed by atoms with E-state index in [1.54, 1.807) is 0 Å². The maximum Gasteiger partial charge on any atom is -0.00764 e. The van der Waals surface area contributed by atoms with Crippen LogP contribution in [-0.2, 0) is 12.8 Å². The summed E-state index contributed by atoms with van der Waals surface area (Å²) in [6.45, 7) is 4.10. The monoisotopic (exact) mass is 310 g/mol. The lowest BCUT2D eigenvalue weighted by Gasteiger charge is -2.25. The number of fused-ring (bicyclic) bond motifs is 1. The standard InChI is InChI=1S/C24H22/c1-2-18-17-23(19-11-5-3-6-12-19)21-15-9-10-16-22(21)24(18)20-13-7-4-8-14-20/h2-8,11-14,17H,1,9-10,15-16H2. The van der Waals surface area contributed by atoms with Gasteiger partial charge in [-0.05, 0) is 70.7 Å². The molecule has 24 heavy (non-hydrogen) atoms. The molecule has 0 heterocycles. The van der Waals surface area contributed by atoms with E-state index in [1.165, 1.54) is 64.6 Å². The van der Waals surface area contributed by atoms with E-state index in [2.05, 4.69) is 73.3 Å². The highest BCUT2D eigenvalue weighted by Crippen LogP contribution is 2.40. The summed E-state index contributed by atoms with van der Waals surface area (Å²) in [4.78, 5) is 0. The lowest BCUT2D eigenvalue weighted by molar-refractivity contribution is 0.688. The topological polar surface area (TPSA) is 0 Å². The van der Waals surface area contributed by atoms with Crippen LogP contribution < -0.4 is 0 Å². The molecule has 1 aliphatic rings. The molecule has 0 saturated heterocycles. The minimum atomic E-state index is 1.17. The summed E-state index contributed by atoms with van der Waals surface area (Å²) in [7, 11) is 0. The first-order valence-corrected chi connectivity index (χ1v) is 8.80. The minimum absolute atomic E-state index is 1.17. The highest BCUT2D eigenvalue weighted by molar-refractivity contribution is 5.85. The van der Waals surface area contributed by atoms with Crippen molar-refractivity contribution >= 4 is 6.08 Å². The van der Waals surface area contributed by atoms with Crippen molar-refractivity contribution in [1.29, 1.82) is 0 Å². The molecule has 0 atom stereocenters. The molecule has 3 aromatic rings. The molecular weight excluding hydrogens is 288 g/mol. The summed E-state index contributed by atoms with van der Waals surface area (Å²) in [5, 5.41) is 0. The number of hydrogen-bond acceptors (Lipinski definition) is 0. The smallest absolute Gasteiger partial charge is 0.00764 e. The maximum atomic E-state index is 4.10. The maximum absolute atomic E-state index is 4.10. The molecule has 0 fully saturated rings. The molecule has 4 rings (SSSR count). The van der Waals surface area contributed by atoms with Crippen LogP contribution >= 0.6 is 0 Å². The molecule has 0 aliphatic heterocycles. The van der Waals surface area contributed by atoms with Crippen molar-refractivity contribution in [2.45, 2.75) is 25.7 Å². The van der Waals surface area contributed by atoms with E-state index in [4.69, 9.17) is 0 Å². The second kappa shape index (κ2) is 6.49. The molecule has 118 valence electrons. The minimum Gasteiger partial charge on any atom is -0.0984 e. The summed E-state index contributed by atoms with van der Waals surface area (Å²) in [6, 6.07) is 23.9. The van der Waals surface area contributed by atoms with Gasteiger partial charge in [0.1, 0.15) is 0 Å². The van der Waals surface area contributed by atoms with Crippen LogP contribution in [0.4, 0.5) is 0 Å². The molecule has 0 heteroatoms. The first-order chi connectivity index (χ1) is 11.9. The van der Waals surface area contributed by atoms with E-state index >= 15 is 0 Å². The van der Waals surface area contributed by atoms with E-state index in [0.717, 1.165) is 0 Å². The fraction of sp³-hybridized carbons (Fsp3) is 0.167. The van der Waals surface area contributed by atoms with Crippen molar-refractivity contribution in [3.63, 3.8) is 0 Å². The van der Waals surface area contributed by atoms with Gasteiger partial charge in [-0.1, -0.05) is 73.3 Å². The average molecular weight is 310 g/mol. The zero-order valence-corrected chi connectivity index (χ0v) is 14.0. The van der Waals surface area contributed by atoms with E-state index in [0.29, 0.717) is 0 Å². The Bertz CT molecular complexity index is 858. The molecule has 0 nitrogen and oxygen atoms in total. The van der Waals surface area contributed by atoms with Crippen LogP contribution in [0.3, 0.4) is 0 Å². The summed E-state index contributed by atoms with van der Waals surface area (Å²) >= 11 is 0. The Morgan fingerprint density at radius 1 is 0.708 bits per heavy atom.